The largest absolute Gasteiger partial charge is 0.493 e. The van der Waals surface area contributed by atoms with E-state index in [2.05, 4.69) is 57.0 Å². The van der Waals surface area contributed by atoms with E-state index >= 15 is 0 Å². The van der Waals surface area contributed by atoms with E-state index in [1.54, 1.807) is 14.2 Å². The molecule has 4 rings (SSSR count). The highest BCUT2D eigenvalue weighted by Crippen LogP contribution is 2.35. The molecule has 0 radical (unpaired) electrons. The molecule has 2 aromatic carbocycles. The Balaban J connectivity index is 1.51. The van der Waals surface area contributed by atoms with Gasteiger partial charge in [-0.3, -0.25) is 15.1 Å². The minimum Gasteiger partial charge on any atom is -0.493 e. The van der Waals surface area contributed by atoms with E-state index in [9.17, 15) is 4.79 Å². The summed E-state index contributed by atoms with van der Waals surface area (Å²) in [4.78, 5) is 17.0. The molecule has 1 unspecified atom stereocenters. The zero-order valence-electron chi connectivity index (χ0n) is 19.8. The third-order valence-electron chi connectivity index (χ3n) is 6.64. The first-order valence-electron chi connectivity index (χ1n) is 12.0. The van der Waals surface area contributed by atoms with Gasteiger partial charge in [-0.1, -0.05) is 30.3 Å². The smallest absolute Gasteiger partial charge is 0.248 e. The van der Waals surface area contributed by atoms with Gasteiger partial charge < -0.3 is 14.4 Å². The molecule has 1 heterocycles. The van der Waals surface area contributed by atoms with Crippen LogP contribution in [0.5, 0.6) is 11.5 Å². The molecule has 1 atom stereocenters. The third-order valence-corrected chi connectivity index (χ3v) is 6.64. The first kappa shape index (κ1) is 23.4. The van der Waals surface area contributed by atoms with Crippen LogP contribution in [-0.2, 0) is 11.2 Å². The molecule has 1 saturated carbocycles. The van der Waals surface area contributed by atoms with Crippen LogP contribution in [0.25, 0.3) is 0 Å². The Kier molecular flexibility index (Phi) is 8.07. The molecule has 1 aliphatic heterocycles. The Hall–Kier alpha value is -2.77. The lowest BCUT2D eigenvalue weighted by Crippen LogP contribution is -2.57. The molecule has 2 N–H and O–H groups in total. The molecule has 1 aliphatic carbocycles. The molecular formula is C26H36N4O3. The summed E-state index contributed by atoms with van der Waals surface area (Å²) < 4.78 is 11.9. The predicted molar refractivity (Wildman–Crippen MR) is 131 cm³/mol. The summed E-state index contributed by atoms with van der Waals surface area (Å²) in [7, 11) is 3.41. The molecule has 2 aromatic rings. The highest BCUT2D eigenvalue weighted by Gasteiger charge is 2.29. The van der Waals surface area contributed by atoms with Crippen LogP contribution in [0.15, 0.2) is 48.5 Å². The zero-order chi connectivity index (χ0) is 23.0. The van der Waals surface area contributed by atoms with Crippen LogP contribution in [-0.4, -0.2) is 63.3 Å². The number of nitrogens with one attached hydrogen (secondary N) is 2. The summed E-state index contributed by atoms with van der Waals surface area (Å²) in [6, 6.07) is 17.0. The molecule has 7 heteroatoms. The molecule has 33 heavy (non-hydrogen) atoms. The SMILES string of the molecule is CNNC(=O)CN1CCN(c2ccc(OC)c(OC3CCCC3)c2)CC1Cc1ccccc1. The summed E-state index contributed by atoms with van der Waals surface area (Å²) in [6.07, 6.45) is 5.86. The minimum absolute atomic E-state index is 0.0132. The van der Waals surface area contributed by atoms with Crippen molar-refractivity contribution in [3.63, 3.8) is 0 Å². The quantitative estimate of drug-likeness (QED) is 0.571. The normalized spacial score (nSPS) is 19.5. The number of carbonyl (C=O) groups is 1. The van der Waals surface area contributed by atoms with Crippen LogP contribution in [0.2, 0.25) is 0 Å². The lowest BCUT2D eigenvalue weighted by atomic mass is 10.0. The number of carbonyl (C=O) groups excluding carboxylic acids is 1. The second-order valence-corrected chi connectivity index (χ2v) is 8.92. The maximum atomic E-state index is 12.3. The lowest BCUT2D eigenvalue weighted by molar-refractivity contribution is -0.123. The van der Waals surface area contributed by atoms with Gasteiger partial charge in [0.05, 0.1) is 19.8 Å². The van der Waals surface area contributed by atoms with Gasteiger partial charge in [0, 0.05) is 44.5 Å². The van der Waals surface area contributed by atoms with Crippen molar-refractivity contribution in [2.24, 2.45) is 0 Å². The molecule has 178 valence electrons. The van der Waals surface area contributed by atoms with Crippen molar-refractivity contribution in [2.45, 2.75) is 44.2 Å². The number of methoxy groups -OCH3 is 1. The van der Waals surface area contributed by atoms with Gasteiger partial charge in [-0.2, -0.15) is 0 Å². The fourth-order valence-electron chi connectivity index (χ4n) is 4.92. The maximum Gasteiger partial charge on any atom is 0.248 e. The van der Waals surface area contributed by atoms with Gasteiger partial charge >= 0.3 is 0 Å². The second-order valence-electron chi connectivity index (χ2n) is 8.92. The van der Waals surface area contributed by atoms with E-state index in [-0.39, 0.29) is 18.1 Å². The Morgan fingerprint density at radius 1 is 1.06 bits per heavy atom. The fraction of sp³-hybridized carbons (Fsp3) is 0.500. The summed E-state index contributed by atoms with van der Waals surface area (Å²) >= 11 is 0. The monoisotopic (exact) mass is 452 g/mol. The number of hydrogen-bond acceptors (Lipinski definition) is 6. The highest BCUT2D eigenvalue weighted by atomic mass is 16.5. The van der Waals surface area contributed by atoms with E-state index in [4.69, 9.17) is 9.47 Å². The number of ether oxygens (including phenoxy) is 2. The summed E-state index contributed by atoms with van der Waals surface area (Å²) in [6.45, 7) is 2.90. The van der Waals surface area contributed by atoms with Gasteiger partial charge in [0.2, 0.25) is 5.91 Å². The number of benzene rings is 2. The molecule has 0 bridgehead atoms. The van der Waals surface area contributed by atoms with E-state index < -0.39 is 0 Å². The lowest BCUT2D eigenvalue weighted by Gasteiger charge is -2.42. The highest BCUT2D eigenvalue weighted by molar-refractivity contribution is 5.77. The van der Waals surface area contributed by atoms with E-state index in [1.165, 1.54) is 18.4 Å². The number of hydrogen-bond donors (Lipinski definition) is 2. The molecular weight excluding hydrogens is 416 g/mol. The van der Waals surface area contributed by atoms with Gasteiger partial charge in [-0.25, -0.2) is 5.43 Å². The summed E-state index contributed by atoms with van der Waals surface area (Å²) in [5.41, 5.74) is 7.86. The molecule has 7 nitrogen and oxygen atoms in total. The molecule has 0 spiro atoms. The van der Waals surface area contributed by atoms with Crippen molar-refractivity contribution >= 4 is 11.6 Å². The van der Waals surface area contributed by atoms with Gasteiger partial charge in [0.25, 0.3) is 0 Å². The van der Waals surface area contributed by atoms with Crippen LogP contribution in [0, 0.1) is 0 Å². The minimum atomic E-state index is -0.0132. The first-order valence-corrected chi connectivity index (χ1v) is 12.0. The predicted octanol–water partition coefficient (Wildman–Crippen LogP) is 3.00. The standard InChI is InChI=1S/C26H36N4O3/c1-27-28-26(31)19-30-15-14-29(18-22(30)16-20-8-4-3-5-9-20)21-12-13-24(32-2)25(17-21)33-23-10-6-7-11-23/h3-5,8-9,12-13,17,22-23,27H,6-7,10-11,14-16,18-19H2,1-2H3,(H,28,31). The second kappa shape index (κ2) is 11.4. The van der Waals surface area contributed by atoms with Crippen LogP contribution in [0.3, 0.4) is 0 Å². The van der Waals surface area contributed by atoms with Crippen molar-refractivity contribution in [1.82, 2.24) is 15.8 Å². The number of amides is 1. The van der Waals surface area contributed by atoms with Crippen molar-refractivity contribution < 1.29 is 14.3 Å². The molecule has 1 saturated heterocycles. The maximum absolute atomic E-state index is 12.3. The Bertz CT molecular complexity index is 902. The first-order chi connectivity index (χ1) is 16.2. The third kappa shape index (κ3) is 6.18. The van der Waals surface area contributed by atoms with Crippen molar-refractivity contribution in [3.8, 4) is 11.5 Å². The van der Waals surface area contributed by atoms with Crippen LogP contribution >= 0.6 is 0 Å². The number of piperazine rings is 1. The average Bonchev–Trinajstić information content (AvgIpc) is 3.34. The topological polar surface area (TPSA) is 66.1 Å². The number of anilines is 1. The van der Waals surface area contributed by atoms with Crippen molar-refractivity contribution in [1.29, 1.82) is 0 Å². The van der Waals surface area contributed by atoms with Crippen LogP contribution in [0.1, 0.15) is 31.2 Å². The Morgan fingerprint density at radius 2 is 1.85 bits per heavy atom. The van der Waals surface area contributed by atoms with Gasteiger partial charge in [0.1, 0.15) is 0 Å². The van der Waals surface area contributed by atoms with Crippen molar-refractivity contribution in [2.75, 3.05) is 45.2 Å². The summed E-state index contributed by atoms with van der Waals surface area (Å²) in [5, 5.41) is 0. The van der Waals surface area contributed by atoms with Gasteiger partial charge in [-0.05, 0) is 49.8 Å². The van der Waals surface area contributed by atoms with E-state index in [1.807, 2.05) is 12.1 Å². The zero-order valence-corrected chi connectivity index (χ0v) is 19.8. The molecule has 2 aliphatic rings. The number of nitrogens with zero attached hydrogens (tertiary/aromatic N) is 2. The van der Waals surface area contributed by atoms with Gasteiger partial charge in [-0.15, -0.1) is 0 Å². The van der Waals surface area contributed by atoms with Gasteiger partial charge in [0.15, 0.2) is 11.5 Å². The molecule has 0 aromatic heterocycles. The number of rotatable bonds is 9. The van der Waals surface area contributed by atoms with E-state index in [0.29, 0.717) is 6.54 Å². The molecule has 2 fully saturated rings. The van der Waals surface area contributed by atoms with Crippen LogP contribution in [0.4, 0.5) is 5.69 Å². The number of hydrazine groups is 1. The van der Waals surface area contributed by atoms with Crippen molar-refractivity contribution in [3.05, 3.63) is 54.1 Å². The van der Waals surface area contributed by atoms with Crippen LogP contribution < -0.4 is 25.2 Å². The Labute approximate surface area is 197 Å². The average molecular weight is 453 g/mol. The Morgan fingerprint density at radius 3 is 2.58 bits per heavy atom. The summed E-state index contributed by atoms with van der Waals surface area (Å²) in [5.74, 6) is 1.60. The molecule has 1 amide bonds. The fourth-order valence-corrected chi connectivity index (χ4v) is 4.92. The van der Waals surface area contributed by atoms with E-state index in [0.717, 1.165) is 56.1 Å².